The van der Waals surface area contributed by atoms with Gasteiger partial charge < -0.3 is 10.6 Å². The van der Waals surface area contributed by atoms with Gasteiger partial charge in [0, 0.05) is 19.5 Å². The number of rotatable bonds is 7. The van der Waals surface area contributed by atoms with Crippen molar-refractivity contribution in [3.63, 3.8) is 0 Å². The number of hydrogen-bond acceptors (Lipinski definition) is 2. The molecule has 0 aromatic carbocycles. The van der Waals surface area contributed by atoms with Crippen LogP contribution in [0, 0.1) is 5.41 Å². The Hall–Kier alpha value is -0.570. The van der Waals surface area contributed by atoms with E-state index in [1.165, 1.54) is 19.3 Å². The predicted octanol–water partition coefficient (Wildman–Crippen LogP) is 2.32. The van der Waals surface area contributed by atoms with Crippen molar-refractivity contribution in [2.24, 2.45) is 5.41 Å². The van der Waals surface area contributed by atoms with E-state index in [-0.39, 0.29) is 11.9 Å². The largest absolute Gasteiger partial charge is 0.359 e. The minimum atomic E-state index is 0.106. The first kappa shape index (κ1) is 15.4. The maximum Gasteiger partial charge on any atom is 0.221 e. The molecule has 3 nitrogen and oxygen atoms in total. The Morgan fingerprint density at radius 2 is 1.88 bits per heavy atom. The highest BCUT2D eigenvalue weighted by Crippen LogP contribution is 2.21. The summed E-state index contributed by atoms with van der Waals surface area (Å²) in [6, 6.07) is 0.273. The van der Waals surface area contributed by atoms with Crippen molar-refractivity contribution < 1.29 is 4.79 Å². The molecule has 2 N–H and O–H groups in total. The first-order valence-electron chi connectivity index (χ1n) is 6.29. The summed E-state index contributed by atoms with van der Waals surface area (Å²) in [5, 5.41) is 6.01. The molecule has 0 aliphatic heterocycles. The van der Waals surface area contributed by atoms with Crippen LogP contribution in [0.5, 0.6) is 0 Å². The summed E-state index contributed by atoms with van der Waals surface area (Å²) >= 11 is 0. The number of carbonyl (C=O) groups is 1. The fourth-order valence-electron chi connectivity index (χ4n) is 1.58. The summed E-state index contributed by atoms with van der Waals surface area (Å²) in [6.07, 6.45) is 4.27. The van der Waals surface area contributed by atoms with E-state index in [0.717, 1.165) is 6.54 Å². The third kappa shape index (κ3) is 9.97. The van der Waals surface area contributed by atoms with E-state index in [1.807, 2.05) is 0 Å². The molecule has 16 heavy (non-hydrogen) atoms. The molecule has 0 aromatic heterocycles. The van der Waals surface area contributed by atoms with Crippen molar-refractivity contribution in [3.05, 3.63) is 0 Å². The van der Waals surface area contributed by atoms with Gasteiger partial charge in [0.1, 0.15) is 0 Å². The number of carbonyl (C=O) groups excluding carboxylic acids is 1. The van der Waals surface area contributed by atoms with Crippen molar-refractivity contribution in [3.8, 4) is 0 Å². The van der Waals surface area contributed by atoms with Gasteiger partial charge in [-0.3, -0.25) is 4.79 Å². The van der Waals surface area contributed by atoms with Crippen molar-refractivity contribution >= 4 is 5.91 Å². The molecule has 0 aliphatic carbocycles. The number of amides is 1. The lowest BCUT2D eigenvalue weighted by Crippen LogP contribution is -2.32. The fraction of sp³-hybridized carbons (Fsp3) is 0.923. The minimum absolute atomic E-state index is 0.106. The average Bonchev–Trinajstić information content (AvgIpc) is 2.15. The number of unbranched alkanes of at least 4 members (excludes halogenated alkanes) is 1. The van der Waals surface area contributed by atoms with Gasteiger partial charge in [0.05, 0.1) is 0 Å². The molecule has 0 aliphatic rings. The van der Waals surface area contributed by atoms with E-state index in [2.05, 4.69) is 38.3 Å². The molecule has 96 valence electrons. The fourth-order valence-corrected chi connectivity index (χ4v) is 1.58. The van der Waals surface area contributed by atoms with Crippen molar-refractivity contribution in [1.82, 2.24) is 10.6 Å². The molecule has 0 saturated carbocycles. The lowest BCUT2D eigenvalue weighted by Gasteiger charge is -2.18. The van der Waals surface area contributed by atoms with Crippen LogP contribution in [-0.2, 0) is 4.79 Å². The molecule has 0 heterocycles. The summed E-state index contributed by atoms with van der Waals surface area (Å²) < 4.78 is 0. The average molecular weight is 228 g/mol. The van der Waals surface area contributed by atoms with Crippen LogP contribution in [-0.4, -0.2) is 25.5 Å². The van der Waals surface area contributed by atoms with E-state index >= 15 is 0 Å². The lowest BCUT2D eigenvalue weighted by molar-refractivity contribution is -0.121. The van der Waals surface area contributed by atoms with Gasteiger partial charge in [-0.1, -0.05) is 27.2 Å². The summed E-state index contributed by atoms with van der Waals surface area (Å²) in [5.41, 5.74) is 0.438. The van der Waals surface area contributed by atoms with E-state index in [9.17, 15) is 4.79 Å². The van der Waals surface area contributed by atoms with Crippen LogP contribution in [0.15, 0.2) is 0 Å². The zero-order valence-corrected chi connectivity index (χ0v) is 11.5. The molecule has 0 bridgehead atoms. The Balaban J connectivity index is 3.41. The second kappa shape index (κ2) is 7.66. The molecule has 0 spiro atoms. The molecule has 1 atom stereocenters. The predicted molar refractivity (Wildman–Crippen MR) is 69.5 cm³/mol. The Kier molecular flexibility index (Phi) is 7.39. The van der Waals surface area contributed by atoms with Crippen LogP contribution in [0.2, 0.25) is 0 Å². The van der Waals surface area contributed by atoms with Gasteiger partial charge in [0.25, 0.3) is 0 Å². The van der Waals surface area contributed by atoms with Crippen LogP contribution in [0.25, 0.3) is 0 Å². The Bertz CT molecular complexity index is 197. The van der Waals surface area contributed by atoms with Crippen LogP contribution < -0.4 is 10.6 Å². The van der Waals surface area contributed by atoms with Gasteiger partial charge in [0.2, 0.25) is 5.91 Å². The van der Waals surface area contributed by atoms with Crippen LogP contribution in [0.1, 0.15) is 53.4 Å². The molecule has 1 amide bonds. The Morgan fingerprint density at radius 1 is 1.25 bits per heavy atom. The second-order valence-corrected chi connectivity index (χ2v) is 5.75. The smallest absolute Gasteiger partial charge is 0.221 e. The molecular formula is C13H28N2O. The molecule has 1 unspecified atom stereocenters. The van der Waals surface area contributed by atoms with Crippen LogP contribution in [0.4, 0.5) is 0 Å². The van der Waals surface area contributed by atoms with Gasteiger partial charge >= 0.3 is 0 Å². The summed E-state index contributed by atoms with van der Waals surface area (Å²) in [6.45, 7) is 9.88. The highest BCUT2D eigenvalue weighted by atomic mass is 16.1. The number of nitrogens with one attached hydrogen (secondary N) is 2. The summed E-state index contributed by atoms with van der Waals surface area (Å²) in [4.78, 5) is 11.1. The SMILES string of the molecule is CNC(=O)CC(C)NCCCCC(C)(C)C. The molecule has 0 saturated heterocycles. The minimum Gasteiger partial charge on any atom is -0.359 e. The van der Waals surface area contributed by atoms with Crippen LogP contribution in [0.3, 0.4) is 0 Å². The molecule has 0 aromatic rings. The quantitative estimate of drug-likeness (QED) is 0.657. The summed E-state index contributed by atoms with van der Waals surface area (Å²) in [5.74, 6) is 0.106. The molecule has 0 fully saturated rings. The van der Waals surface area contributed by atoms with Gasteiger partial charge in [-0.15, -0.1) is 0 Å². The second-order valence-electron chi connectivity index (χ2n) is 5.75. The van der Waals surface area contributed by atoms with Crippen molar-refractivity contribution in [2.75, 3.05) is 13.6 Å². The van der Waals surface area contributed by atoms with Crippen LogP contribution >= 0.6 is 0 Å². The Labute approximate surface area is 100 Å². The van der Waals surface area contributed by atoms with Gasteiger partial charge in [-0.2, -0.15) is 0 Å². The lowest BCUT2D eigenvalue weighted by atomic mass is 9.90. The maximum absolute atomic E-state index is 11.1. The molecule has 3 heteroatoms. The Morgan fingerprint density at radius 3 is 2.38 bits per heavy atom. The standard InChI is InChI=1S/C13H28N2O/c1-11(10-12(16)14-5)15-9-7-6-8-13(2,3)4/h11,15H,6-10H2,1-5H3,(H,14,16). The third-order valence-electron chi connectivity index (χ3n) is 2.62. The maximum atomic E-state index is 11.1. The van der Waals surface area contributed by atoms with Gasteiger partial charge in [-0.25, -0.2) is 0 Å². The first-order valence-corrected chi connectivity index (χ1v) is 6.29. The zero-order chi connectivity index (χ0) is 12.6. The highest BCUT2D eigenvalue weighted by molar-refractivity contribution is 5.76. The van der Waals surface area contributed by atoms with Crippen molar-refractivity contribution in [2.45, 2.75) is 59.4 Å². The number of hydrogen-bond donors (Lipinski definition) is 2. The monoisotopic (exact) mass is 228 g/mol. The molecule has 0 rings (SSSR count). The molecular weight excluding hydrogens is 200 g/mol. The van der Waals surface area contributed by atoms with E-state index in [1.54, 1.807) is 7.05 Å². The highest BCUT2D eigenvalue weighted by Gasteiger charge is 2.09. The summed E-state index contributed by atoms with van der Waals surface area (Å²) in [7, 11) is 1.68. The van der Waals surface area contributed by atoms with E-state index in [0.29, 0.717) is 11.8 Å². The first-order chi connectivity index (χ1) is 7.35. The van der Waals surface area contributed by atoms with Gasteiger partial charge in [-0.05, 0) is 31.7 Å². The van der Waals surface area contributed by atoms with Crippen molar-refractivity contribution in [1.29, 1.82) is 0 Å². The third-order valence-corrected chi connectivity index (χ3v) is 2.62. The topological polar surface area (TPSA) is 41.1 Å². The zero-order valence-electron chi connectivity index (χ0n) is 11.5. The van der Waals surface area contributed by atoms with Gasteiger partial charge in [0.15, 0.2) is 0 Å². The normalized spacial score (nSPS) is 13.6. The van der Waals surface area contributed by atoms with E-state index < -0.39 is 0 Å². The van der Waals surface area contributed by atoms with E-state index in [4.69, 9.17) is 0 Å². The molecule has 0 radical (unpaired) electrons.